The normalized spacial score (nSPS) is 19.8. The zero-order valence-electron chi connectivity index (χ0n) is 11.9. The molecule has 0 radical (unpaired) electrons. The fraction of sp³-hybridized carbons (Fsp3) is 0.500. The van der Waals surface area contributed by atoms with E-state index in [2.05, 4.69) is 6.92 Å². The lowest BCUT2D eigenvalue weighted by atomic mass is 10.0. The molecule has 1 fully saturated rings. The Bertz CT molecular complexity index is 650. The van der Waals surface area contributed by atoms with Gasteiger partial charge in [-0.2, -0.15) is 0 Å². The lowest BCUT2D eigenvalue weighted by Gasteiger charge is -2.19. The van der Waals surface area contributed by atoms with Crippen molar-refractivity contribution in [3.05, 3.63) is 39.8 Å². The Morgan fingerprint density at radius 2 is 2.20 bits per heavy atom. The van der Waals surface area contributed by atoms with Gasteiger partial charge in [-0.1, -0.05) is 13.0 Å². The lowest BCUT2D eigenvalue weighted by molar-refractivity contribution is 0.101. The van der Waals surface area contributed by atoms with Crippen molar-refractivity contribution in [2.75, 3.05) is 13.2 Å². The van der Waals surface area contributed by atoms with Gasteiger partial charge in [-0.25, -0.2) is 0 Å². The van der Waals surface area contributed by atoms with Gasteiger partial charge in [0.15, 0.2) is 5.78 Å². The third kappa shape index (κ3) is 2.04. The second-order valence-corrected chi connectivity index (χ2v) is 5.70. The molecular formula is C16H19NO3. The maximum Gasteiger partial charge on any atom is 0.258 e. The first-order valence-corrected chi connectivity index (χ1v) is 7.13. The van der Waals surface area contributed by atoms with E-state index in [1.165, 1.54) is 0 Å². The first kappa shape index (κ1) is 13.3. The van der Waals surface area contributed by atoms with E-state index in [1.54, 1.807) is 23.8 Å². The molecule has 0 aromatic carbocycles. The van der Waals surface area contributed by atoms with Crippen molar-refractivity contribution in [3.8, 4) is 0 Å². The van der Waals surface area contributed by atoms with Crippen LogP contribution in [0.15, 0.2) is 23.1 Å². The number of nitrogens with zero attached hydrogens (tertiary/aromatic N) is 1. The number of hydrogen-bond acceptors (Lipinski definition) is 3. The molecule has 0 spiro atoms. The van der Waals surface area contributed by atoms with Crippen molar-refractivity contribution >= 4 is 11.4 Å². The summed E-state index contributed by atoms with van der Waals surface area (Å²) >= 11 is 0. The number of ketones is 1. The summed E-state index contributed by atoms with van der Waals surface area (Å²) in [6, 6.07) is 1.72. The smallest absolute Gasteiger partial charge is 0.258 e. The Balaban J connectivity index is 2.19. The van der Waals surface area contributed by atoms with Gasteiger partial charge < -0.3 is 9.30 Å². The van der Waals surface area contributed by atoms with Crippen molar-refractivity contribution in [2.45, 2.75) is 38.6 Å². The summed E-state index contributed by atoms with van der Waals surface area (Å²) in [5.41, 5.74) is 2.06. The van der Waals surface area contributed by atoms with E-state index in [4.69, 9.17) is 4.74 Å². The summed E-state index contributed by atoms with van der Waals surface area (Å²) in [6.07, 6.45) is 6.61. The van der Waals surface area contributed by atoms with Gasteiger partial charge in [0.2, 0.25) is 0 Å². The summed E-state index contributed by atoms with van der Waals surface area (Å²) in [5.74, 6) is -0.00795. The number of carbonyl (C=O) groups excluding carboxylic acids is 1. The minimum Gasteiger partial charge on any atom is -0.373 e. The summed E-state index contributed by atoms with van der Waals surface area (Å²) in [7, 11) is 0. The van der Waals surface area contributed by atoms with E-state index in [9.17, 15) is 9.59 Å². The van der Waals surface area contributed by atoms with Crippen LogP contribution in [0.5, 0.6) is 0 Å². The number of pyridine rings is 1. The molecular weight excluding hydrogens is 254 g/mol. The van der Waals surface area contributed by atoms with Crippen molar-refractivity contribution < 1.29 is 9.53 Å². The van der Waals surface area contributed by atoms with Crippen molar-refractivity contribution in [3.63, 3.8) is 0 Å². The van der Waals surface area contributed by atoms with Gasteiger partial charge in [-0.15, -0.1) is 0 Å². The highest BCUT2D eigenvalue weighted by Gasteiger charge is 2.43. The molecule has 20 heavy (non-hydrogen) atoms. The molecule has 0 N–H and O–H groups in total. The number of hydrogen-bond donors (Lipinski definition) is 0. The first-order chi connectivity index (χ1) is 9.57. The minimum atomic E-state index is -0.0721. The van der Waals surface area contributed by atoms with Crippen LogP contribution < -0.4 is 5.56 Å². The Labute approximate surface area is 118 Å². The Morgan fingerprint density at radius 3 is 2.70 bits per heavy atom. The monoisotopic (exact) mass is 273 g/mol. The Hall–Kier alpha value is -1.68. The molecule has 1 aromatic rings. The second-order valence-electron chi connectivity index (χ2n) is 5.70. The fourth-order valence-electron chi connectivity index (χ4n) is 2.84. The largest absolute Gasteiger partial charge is 0.373 e. The van der Waals surface area contributed by atoms with Crippen LogP contribution in [0.2, 0.25) is 0 Å². The number of aromatic nitrogens is 1. The predicted molar refractivity (Wildman–Crippen MR) is 77.0 cm³/mol. The van der Waals surface area contributed by atoms with Gasteiger partial charge in [0.05, 0.1) is 13.2 Å². The molecule has 3 rings (SSSR count). The average molecular weight is 273 g/mol. The SMILES string of the molecule is CCC1(n2cc(C(C)=O)cc(C3=CCOC3)c2=O)CC1. The number of rotatable bonds is 4. The van der Waals surface area contributed by atoms with Crippen molar-refractivity contribution in [1.82, 2.24) is 4.57 Å². The molecule has 1 saturated carbocycles. The zero-order valence-corrected chi connectivity index (χ0v) is 11.9. The fourth-order valence-corrected chi connectivity index (χ4v) is 2.84. The molecule has 0 atom stereocenters. The molecule has 1 aliphatic carbocycles. The molecule has 0 saturated heterocycles. The van der Waals surface area contributed by atoms with Crippen molar-refractivity contribution in [1.29, 1.82) is 0 Å². The third-order valence-corrected chi connectivity index (χ3v) is 4.47. The van der Waals surface area contributed by atoms with Gasteiger partial charge in [-0.3, -0.25) is 9.59 Å². The Kier molecular flexibility index (Phi) is 3.13. The molecule has 4 heteroatoms. The third-order valence-electron chi connectivity index (χ3n) is 4.47. The molecule has 2 aliphatic rings. The van der Waals surface area contributed by atoms with Gasteiger partial charge in [0.1, 0.15) is 0 Å². The second kappa shape index (κ2) is 4.70. The first-order valence-electron chi connectivity index (χ1n) is 7.13. The highest BCUT2D eigenvalue weighted by Crippen LogP contribution is 2.45. The van der Waals surface area contributed by atoms with E-state index < -0.39 is 0 Å². The van der Waals surface area contributed by atoms with E-state index in [1.807, 2.05) is 6.08 Å². The van der Waals surface area contributed by atoms with E-state index >= 15 is 0 Å². The van der Waals surface area contributed by atoms with Crippen LogP contribution in [0.1, 0.15) is 49.0 Å². The van der Waals surface area contributed by atoms with Crippen LogP contribution >= 0.6 is 0 Å². The van der Waals surface area contributed by atoms with Gasteiger partial charge >= 0.3 is 0 Å². The topological polar surface area (TPSA) is 48.3 Å². The predicted octanol–water partition coefficient (Wildman–Crippen LogP) is 2.36. The summed E-state index contributed by atoms with van der Waals surface area (Å²) in [5, 5.41) is 0. The zero-order chi connectivity index (χ0) is 14.3. The Morgan fingerprint density at radius 1 is 1.45 bits per heavy atom. The van der Waals surface area contributed by atoms with E-state index in [0.29, 0.717) is 24.3 Å². The quantitative estimate of drug-likeness (QED) is 0.791. The maximum absolute atomic E-state index is 12.7. The van der Waals surface area contributed by atoms with E-state index in [-0.39, 0.29) is 16.9 Å². The molecule has 2 heterocycles. The molecule has 0 amide bonds. The van der Waals surface area contributed by atoms with E-state index in [0.717, 1.165) is 24.8 Å². The molecule has 1 aliphatic heterocycles. The van der Waals surface area contributed by atoms with Crippen molar-refractivity contribution in [2.24, 2.45) is 0 Å². The highest BCUT2D eigenvalue weighted by atomic mass is 16.5. The molecule has 0 bridgehead atoms. The number of carbonyl (C=O) groups is 1. The summed E-state index contributed by atoms with van der Waals surface area (Å²) < 4.78 is 7.10. The lowest BCUT2D eigenvalue weighted by Crippen LogP contribution is -2.32. The molecule has 4 nitrogen and oxygen atoms in total. The molecule has 1 aromatic heterocycles. The molecule has 106 valence electrons. The molecule has 0 unspecified atom stereocenters. The van der Waals surface area contributed by atoms with Crippen LogP contribution in [0.3, 0.4) is 0 Å². The number of Topliss-reactive ketones (excluding diaryl/α,β-unsaturated/α-hetero) is 1. The average Bonchev–Trinajstić information content (AvgIpc) is 3.04. The summed E-state index contributed by atoms with van der Waals surface area (Å²) in [4.78, 5) is 24.5. The van der Waals surface area contributed by atoms with Crippen LogP contribution in [0.25, 0.3) is 5.57 Å². The number of ether oxygens (including phenoxy) is 1. The van der Waals surface area contributed by atoms with Crippen LogP contribution in [-0.4, -0.2) is 23.6 Å². The van der Waals surface area contributed by atoms with Crippen LogP contribution in [0.4, 0.5) is 0 Å². The van der Waals surface area contributed by atoms with Gasteiger partial charge in [0, 0.05) is 22.9 Å². The maximum atomic E-state index is 12.7. The van der Waals surface area contributed by atoms with Crippen LogP contribution in [0, 0.1) is 0 Å². The van der Waals surface area contributed by atoms with Gasteiger partial charge in [0.25, 0.3) is 5.56 Å². The minimum absolute atomic E-state index is 0.00565. The summed E-state index contributed by atoms with van der Waals surface area (Å²) in [6.45, 7) is 4.63. The van der Waals surface area contributed by atoms with Crippen LogP contribution in [-0.2, 0) is 10.3 Å². The standard InChI is InChI=1S/C16H19NO3/c1-3-16(5-6-16)17-9-13(11(2)18)8-14(15(17)19)12-4-7-20-10-12/h4,8-9H,3,5-7,10H2,1-2H3. The van der Waals surface area contributed by atoms with Gasteiger partial charge in [-0.05, 0) is 37.8 Å². The highest BCUT2D eigenvalue weighted by molar-refractivity contribution is 5.94.